The largest absolute Gasteiger partial charge is 0.353 e. The van der Waals surface area contributed by atoms with E-state index in [0.29, 0.717) is 6.54 Å². The number of rotatable bonds is 6. The molecule has 5 nitrogen and oxygen atoms in total. The zero-order chi connectivity index (χ0) is 18.6. The van der Waals surface area contributed by atoms with Crippen molar-refractivity contribution in [3.8, 4) is 0 Å². The molecule has 2 aromatic carbocycles. The van der Waals surface area contributed by atoms with Crippen LogP contribution in [0.5, 0.6) is 0 Å². The summed E-state index contributed by atoms with van der Waals surface area (Å²) in [6.07, 6.45) is 2.02. The molecule has 1 amide bonds. The van der Waals surface area contributed by atoms with E-state index in [4.69, 9.17) is 0 Å². The maximum Gasteiger partial charge on any atom is 0.237 e. The normalized spacial score (nSPS) is 17.4. The van der Waals surface area contributed by atoms with Gasteiger partial charge in [-0.1, -0.05) is 42.5 Å². The molecule has 0 aliphatic carbocycles. The highest BCUT2D eigenvalue weighted by molar-refractivity contribution is 5.82. The lowest BCUT2D eigenvalue weighted by atomic mass is 10.1. The van der Waals surface area contributed by atoms with Crippen LogP contribution in [0.4, 0.5) is 0 Å². The maximum absolute atomic E-state index is 12.7. The van der Waals surface area contributed by atoms with E-state index >= 15 is 0 Å². The van der Waals surface area contributed by atoms with Gasteiger partial charge in [0.05, 0.1) is 17.1 Å². The molecule has 140 valence electrons. The van der Waals surface area contributed by atoms with Gasteiger partial charge in [0.25, 0.3) is 0 Å². The van der Waals surface area contributed by atoms with Gasteiger partial charge in [-0.2, -0.15) is 0 Å². The second-order valence-electron chi connectivity index (χ2n) is 7.20. The molecule has 1 aliphatic rings. The van der Waals surface area contributed by atoms with Crippen LogP contribution in [0, 0.1) is 6.92 Å². The monoisotopic (exact) mass is 362 g/mol. The number of hydrogen-bond acceptors (Lipinski definition) is 3. The van der Waals surface area contributed by atoms with Crippen molar-refractivity contribution in [1.29, 1.82) is 0 Å². The number of aromatic nitrogens is 2. The highest BCUT2D eigenvalue weighted by Crippen LogP contribution is 2.20. The molecule has 1 unspecified atom stereocenters. The summed E-state index contributed by atoms with van der Waals surface area (Å²) in [6, 6.07) is 18.5. The Morgan fingerprint density at radius 3 is 2.78 bits per heavy atom. The van der Waals surface area contributed by atoms with Crippen molar-refractivity contribution in [1.82, 2.24) is 19.8 Å². The van der Waals surface area contributed by atoms with Crippen LogP contribution >= 0.6 is 0 Å². The first-order valence-electron chi connectivity index (χ1n) is 9.70. The number of benzene rings is 2. The van der Waals surface area contributed by atoms with Gasteiger partial charge in [0.1, 0.15) is 5.82 Å². The van der Waals surface area contributed by atoms with Crippen LogP contribution in [-0.2, 0) is 17.9 Å². The Hall–Kier alpha value is -2.66. The minimum Gasteiger partial charge on any atom is -0.353 e. The van der Waals surface area contributed by atoms with Crippen molar-refractivity contribution < 1.29 is 4.79 Å². The van der Waals surface area contributed by atoms with Crippen LogP contribution in [0.3, 0.4) is 0 Å². The summed E-state index contributed by atoms with van der Waals surface area (Å²) in [5.41, 5.74) is 3.39. The molecular formula is C22H26N4O. The van der Waals surface area contributed by atoms with E-state index in [0.717, 1.165) is 49.3 Å². The van der Waals surface area contributed by atoms with Gasteiger partial charge in [0.2, 0.25) is 5.91 Å². The number of likely N-dealkylation sites (tertiary alicyclic amines) is 1. The average molecular weight is 362 g/mol. The summed E-state index contributed by atoms with van der Waals surface area (Å²) in [7, 11) is 0. The summed E-state index contributed by atoms with van der Waals surface area (Å²) in [6.45, 7) is 5.20. The smallest absolute Gasteiger partial charge is 0.237 e. The SMILES string of the molecule is Cc1nc2ccccc2n1CCNC(=O)C1CCCN1Cc1ccccc1. The van der Waals surface area contributed by atoms with Gasteiger partial charge in [-0.15, -0.1) is 0 Å². The molecule has 0 saturated carbocycles. The predicted molar refractivity (Wildman–Crippen MR) is 107 cm³/mol. The molecule has 4 rings (SSSR count). The summed E-state index contributed by atoms with van der Waals surface area (Å²) < 4.78 is 2.17. The molecule has 1 saturated heterocycles. The lowest BCUT2D eigenvalue weighted by molar-refractivity contribution is -0.125. The topological polar surface area (TPSA) is 50.2 Å². The van der Waals surface area contributed by atoms with E-state index in [1.807, 2.05) is 31.2 Å². The molecule has 0 bridgehead atoms. The number of hydrogen-bond donors (Lipinski definition) is 1. The molecule has 2 heterocycles. The number of amides is 1. The third kappa shape index (κ3) is 3.88. The fourth-order valence-corrected chi connectivity index (χ4v) is 4.02. The second kappa shape index (κ2) is 7.92. The number of nitrogens with zero attached hydrogens (tertiary/aromatic N) is 3. The van der Waals surface area contributed by atoms with Crippen molar-refractivity contribution >= 4 is 16.9 Å². The van der Waals surface area contributed by atoms with Crippen LogP contribution in [0.15, 0.2) is 54.6 Å². The Bertz CT molecular complexity index is 918. The van der Waals surface area contributed by atoms with Crippen LogP contribution < -0.4 is 5.32 Å². The van der Waals surface area contributed by atoms with Gasteiger partial charge in [-0.25, -0.2) is 4.98 Å². The second-order valence-corrected chi connectivity index (χ2v) is 7.20. The molecule has 1 fully saturated rings. The van der Waals surface area contributed by atoms with Crippen molar-refractivity contribution in [2.45, 2.75) is 38.9 Å². The lowest BCUT2D eigenvalue weighted by Crippen LogP contribution is -2.43. The minimum atomic E-state index is -0.0224. The first-order chi connectivity index (χ1) is 13.2. The Labute approximate surface area is 160 Å². The molecule has 3 aromatic rings. The molecule has 1 aromatic heterocycles. The Balaban J connectivity index is 1.35. The van der Waals surface area contributed by atoms with Crippen molar-refractivity contribution in [2.24, 2.45) is 0 Å². The summed E-state index contributed by atoms with van der Waals surface area (Å²) in [5.74, 6) is 1.13. The van der Waals surface area contributed by atoms with Gasteiger partial charge in [0, 0.05) is 19.6 Å². The first-order valence-corrected chi connectivity index (χ1v) is 9.70. The average Bonchev–Trinajstić information content (AvgIpc) is 3.27. The quantitative estimate of drug-likeness (QED) is 0.733. The third-order valence-corrected chi connectivity index (χ3v) is 5.37. The zero-order valence-electron chi connectivity index (χ0n) is 15.8. The van der Waals surface area contributed by atoms with E-state index in [-0.39, 0.29) is 11.9 Å². The summed E-state index contributed by atoms with van der Waals surface area (Å²) in [4.78, 5) is 19.6. The number of imidazole rings is 1. The van der Waals surface area contributed by atoms with Crippen molar-refractivity contribution in [3.05, 3.63) is 66.0 Å². The molecule has 1 aliphatic heterocycles. The number of aryl methyl sites for hydroxylation is 1. The van der Waals surface area contributed by atoms with E-state index in [1.165, 1.54) is 5.56 Å². The van der Waals surface area contributed by atoms with Crippen LogP contribution in [0.1, 0.15) is 24.2 Å². The van der Waals surface area contributed by atoms with Crippen LogP contribution in [0.25, 0.3) is 11.0 Å². The fraction of sp³-hybridized carbons (Fsp3) is 0.364. The van der Waals surface area contributed by atoms with Gasteiger partial charge in [-0.05, 0) is 44.0 Å². The standard InChI is InChI=1S/C22H26N4O/c1-17-24-19-10-5-6-11-20(19)26(17)15-13-23-22(27)21-12-7-14-25(21)16-18-8-3-2-4-9-18/h2-6,8-11,21H,7,12-16H2,1H3,(H,23,27). The molecule has 0 radical (unpaired) electrons. The number of fused-ring (bicyclic) bond motifs is 1. The Morgan fingerprint density at radius 2 is 1.93 bits per heavy atom. The maximum atomic E-state index is 12.7. The predicted octanol–water partition coefficient (Wildman–Crippen LogP) is 3.13. The molecule has 27 heavy (non-hydrogen) atoms. The van der Waals surface area contributed by atoms with Gasteiger partial charge >= 0.3 is 0 Å². The minimum absolute atomic E-state index is 0.0224. The fourth-order valence-electron chi connectivity index (χ4n) is 4.02. The first kappa shape index (κ1) is 17.7. The van der Waals surface area contributed by atoms with Gasteiger partial charge < -0.3 is 9.88 Å². The molecule has 5 heteroatoms. The number of carbonyl (C=O) groups excluding carboxylic acids is 1. The van der Waals surface area contributed by atoms with Crippen LogP contribution in [0.2, 0.25) is 0 Å². The number of para-hydroxylation sites is 2. The highest BCUT2D eigenvalue weighted by Gasteiger charge is 2.30. The van der Waals surface area contributed by atoms with E-state index < -0.39 is 0 Å². The number of nitrogens with one attached hydrogen (secondary N) is 1. The Kier molecular flexibility index (Phi) is 5.21. The van der Waals surface area contributed by atoms with E-state index in [9.17, 15) is 4.79 Å². The lowest BCUT2D eigenvalue weighted by Gasteiger charge is -2.23. The molecular weight excluding hydrogens is 336 g/mol. The van der Waals surface area contributed by atoms with Crippen molar-refractivity contribution in [3.63, 3.8) is 0 Å². The highest BCUT2D eigenvalue weighted by atomic mass is 16.2. The van der Waals surface area contributed by atoms with Crippen LogP contribution in [-0.4, -0.2) is 39.5 Å². The summed E-state index contributed by atoms with van der Waals surface area (Å²) in [5, 5.41) is 3.14. The molecule has 0 spiro atoms. The molecule has 1 N–H and O–H groups in total. The number of carbonyl (C=O) groups is 1. The van der Waals surface area contributed by atoms with E-state index in [2.05, 4.69) is 50.1 Å². The van der Waals surface area contributed by atoms with Gasteiger partial charge in [-0.3, -0.25) is 9.69 Å². The summed E-state index contributed by atoms with van der Waals surface area (Å²) >= 11 is 0. The zero-order valence-corrected chi connectivity index (χ0v) is 15.8. The van der Waals surface area contributed by atoms with E-state index in [1.54, 1.807) is 0 Å². The Morgan fingerprint density at radius 1 is 1.15 bits per heavy atom. The third-order valence-electron chi connectivity index (χ3n) is 5.37. The van der Waals surface area contributed by atoms with Gasteiger partial charge in [0.15, 0.2) is 0 Å². The molecule has 1 atom stereocenters. The van der Waals surface area contributed by atoms with Crippen molar-refractivity contribution in [2.75, 3.05) is 13.1 Å².